The van der Waals surface area contributed by atoms with Crippen LogP contribution in [0.1, 0.15) is 83.1 Å². The fourth-order valence-corrected chi connectivity index (χ4v) is 0.611. The first-order valence-electron chi connectivity index (χ1n) is 8.82. The molecule has 0 bridgehead atoms. The first-order chi connectivity index (χ1) is 10.6. The molecule has 0 fully saturated rings. The number of nitrogens with one attached hydrogen (secondary N) is 1. The molecule has 0 aromatic carbocycles. The lowest BCUT2D eigenvalue weighted by atomic mass is 9.93. The molecule has 4 nitrogen and oxygen atoms in total. The summed E-state index contributed by atoms with van der Waals surface area (Å²) in [7, 11) is 0. The molecule has 1 amide bonds. The van der Waals surface area contributed by atoms with E-state index in [1.165, 1.54) is 0 Å². The zero-order valence-electron chi connectivity index (χ0n) is 18.7. The number of nitrogens with two attached hydrogens (primary N) is 1. The lowest BCUT2D eigenvalue weighted by Crippen LogP contribution is -2.39. The Kier molecular flexibility index (Phi) is 13.0. The third-order valence-electron chi connectivity index (χ3n) is 2.66. The first kappa shape index (κ1) is 29.2. The molecule has 3 N–H and O–H groups in total. The minimum Gasteiger partial charge on any atom is -0.355 e. The summed E-state index contributed by atoms with van der Waals surface area (Å²) in [6.45, 7) is 25.3. The summed E-state index contributed by atoms with van der Waals surface area (Å²) in [4.78, 5) is 21.6. The number of carbonyl (C=O) groups excluding carboxylic acids is 2. The number of hydrogen-bond acceptors (Lipinski definition) is 3. The van der Waals surface area contributed by atoms with Crippen LogP contribution in [0.4, 0.5) is 0 Å². The van der Waals surface area contributed by atoms with Crippen molar-refractivity contribution in [3.63, 3.8) is 0 Å². The molecular formula is C20H43ClN2O2. The summed E-state index contributed by atoms with van der Waals surface area (Å²) in [5.41, 5.74) is 5.15. The number of carbonyl (C=O) groups is 2. The summed E-state index contributed by atoms with van der Waals surface area (Å²) < 4.78 is 0. The maximum Gasteiger partial charge on any atom is 0.226 e. The Morgan fingerprint density at radius 3 is 1.16 bits per heavy atom. The largest absolute Gasteiger partial charge is 0.355 e. The maximum atomic E-state index is 11.4. The van der Waals surface area contributed by atoms with Crippen LogP contribution in [0.25, 0.3) is 0 Å². The maximum absolute atomic E-state index is 11.4. The van der Waals surface area contributed by atoms with Gasteiger partial charge in [0.15, 0.2) is 0 Å². The van der Waals surface area contributed by atoms with Crippen molar-refractivity contribution in [2.45, 2.75) is 83.1 Å². The average molecular weight is 379 g/mol. The van der Waals surface area contributed by atoms with Gasteiger partial charge in [0.1, 0.15) is 0 Å². The molecule has 5 heteroatoms. The molecule has 0 heterocycles. The van der Waals surface area contributed by atoms with E-state index >= 15 is 0 Å². The van der Waals surface area contributed by atoms with Gasteiger partial charge in [-0.1, -0.05) is 83.1 Å². The van der Waals surface area contributed by atoms with Gasteiger partial charge in [-0.3, -0.25) is 9.59 Å². The quantitative estimate of drug-likeness (QED) is 0.631. The van der Waals surface area contributed by atoms with Crippen LogP contribution in [0.5, 0.6) is 0 Å². The minimum atomic E-state index is -0.373. The smallest absolute Gasteiger partial charge is 0.226 e. The number of hydrogen-bond donors (Lipinski definition) is 2. The fraction of sp³-hybridized carbons (Fsp3) is 0.900. The Morgan fingerprint density at radius 2 is 1.04 bits per heavy atom. The molecule has 0 saturated heterocycles. The van der Waals surface area contributed by atoms with Crippen molar-refractivity contribution in [3.8, 4) is 0 Å². The first-order valence-corrected chi connectivity index (χ1v) is 9.19. The number of amides is 1. The van der Waals surface area contributed by atoms with Crippen LogP contribution in [-0.2, 0) is 9.59 Å². The van der Waals surface area contributed by atoms with Gasteiger partial charge in [-0.25, -0.2) is 0 Å². The van der Waals surface area contributed by atoms with Gasteiger partial charge in [-0.05, 0) is 29.0 Å². The Bertz CT molecular complexity index is 392. The SMILES string of the molecule is CC(C)(C)C(=O)Cl.CC(C)(C)CN.CC(C)(C)CNC(=O)C(C)(C)C. The van der Waals surface area contributed by atoms with Crippen LogP contribution in [-0.4, -0.2) is 24.2 Å². The molecule has 0 aliphatic heterocycles. The molecule has 0 aliphatic rings. The highest BCUT2D eigenvalue weighted by Gasteiger charge is 2.22. The van der Waals surface area contributed by atoms with Gasteiger partial charge in [-0.2, -0.15) is 0 Å². The molecule has 0 aromatic heterocycles. The second-order valence-corrected chi connectivity index (χ2v) is 11.1. The van der Waals surface area contributed by atoms with E-state index in [1.807, 2.05) is 20.8 Å². The van der Waals surface area contributed by atoms with Crippen molar-refractivity contribution in [2.24, 2.45) is 27.4 Å². The predicted octanol–water partition coefficient (Wildman–Crippen LogP) is 4.98. The number of halogens is 1. The molecule has 25 heavy (non-hydrogen) atoms. The normalized spacial score (nSPS) is 12.2. The number of rotatable bonds is 1. The standard InChI is InChI=1S/C10H21NO.C5H9ClO.C5H13N/c1-9(2,3)7-11-8(12)10(4,5)6;1-5(2,3)4(6)7;1-5(2,3)4-6/h7H2,1-6H3,(H,11,12);1-3H3;4,6H2,1-3H3. The van der Waals surface area contributed by atoms with E-state index in [9.17, 15) is 9.59 Å². The van der Waals surface area contributed by atoms with Gasteiger partial charge in [0.25, 0.3) is 0 Å². The van der Waals surface area contributed by atoms with Crippen LogP contribution >= 0.6 is 11.6 Å². The lowest BCUT2D eigenvalue weighted by Gasteiger charge is -2.23. The van der Waals surface area contributed by atoms with E-state index in [0.29, 0.717) is 5.41 Å². The second-order valence-electron chi connectivity index (χ2n) is 10.8. The predicted molar refractivity (Wildman–Crippen MR) is 111 cm³/mol. The molecular weight excluding hydrogens is 336 g/mol. The van der Waals surface area contributed by atoms with Crippen LogP contribution in [0, 0.1) is 21.7 Å². The van der Waals surface area contributed by atoms with Crippen LogP contribution < -0.4 is 11.1 Å². The minimum absolute atomic E-state index is 0.123. The lowest BCUT2D eigenvalue weighted by molar-refractivity contribution is -0.128. The highest BCUT2D eigenvalue weighted by Crippen LogP contribution is 2.16. The van der Waals surface area contributed by atoms with Crippen LogP contribution in [0.3, 0.4) is 0 Å². The molecule has 152 valence electrons. The van der Waals surface area contributed by atoms with E-state index in [-0.39, 0.29) is 27.4 Å². The van der Waals surface area contributed by atoms with Crippen molar-refractivity contribution in [2.75, 3.05) is 13.1 Å². The molecule has 0 rings (SSSR count). The van der Waals surface area contributed by atoms with Crippen molar-refractivity contribution in [1.29, 1.82) is 0 Å². The van der Waals surface area contributed by atoms with Gasteiger partial charge in [0.2, 0.25) is 11.1 Å². The molecule has 0 unspecified atom stereocenters. The van der Waals surface area contributed by atoms with Gasteiger partial charge < -0.3 is 11.1 Å². The topological polar surface area (TPSA) is 72.2 Å². The van der Waals surface area contributed by atoms with E-state index in [4.69, 9.17) is 17.3 Å². The van der Waals surface area contributed by atoms with Crippen molar-refractivity contribution >= 4 is 22.8 Å². The second kappa shape index (κ2) is 11.2. The molecule has 0 aliphatic carbocycles. The van der Waals surface area contributed by atoms with Crippen LogP contribution in [0.2, 0.25) is 0 Å². The summed E-state index contributed by atoms with van der Waals surface area (Å²) >= 11 is 5.11. The van der Waals surface area contributed by atoms with E-state index < -0.39 is 0 Å². The third-order valence-corrected chi connectivity index (χ3v) is 3.23. The van der Waals surface area contributed by atoms with Crippen molar-refractivity contribution < 1.29 is 9.59 Å². The molecule has 0 saturated carbocycles. The van der Waals surface area contributed by atoms with Gasteiger partial charge in [0, 0.05) is 17.4 Å². The van der Waals surface area contributed by atoms with E-state index in [1.54, 1.807) is 20.8 Å². The Hall–Kier alpha value is -0.610. The molecule has 0 aromatic rings. The Balaban J connectivity index is -0.000000317. The zero-order chi connectivity index (χ0) is 21.3. The average Bonchev–Trinajstić information content (AvgIpc) is 2.33. The molecule has 0 radical (unpaired) electrons. The Morgan fingerprint density at radius 1 is 0.760 bits per heavy atom. The van der Waals surface area contributed by atoms with Crippen LogP contribution in [0.15, 0.2) is 0 Å². The summed E-state index contributed by atoms with van der Waals surface area (Å²) in [5.74, 6) is 0.123. The van der Waals surface area contributed by atoms with Crippen molar-refractivity contribution in [1.82, 2.24) is 5.32 Å². The highest BCUT2D eigenvalue weighted by molar-refractivity contribution is 6.64. The van der Waals surface area contributed by atoms with Crippen molar-refractivity contribution in [3.05, 3.63) is 0 Å². The summed E-state index contributed by atoms with van der Waals surface area (Å²) in [6.07, 6.45) is 0. The van der Waals surface area contributed by atoms with Gasteiger partial charge >= 0.3 is 0 Å². The zero-order valence-corrected chi connectivity index (χ0v) is 19.4. The van der Waals surface area contributed by atoms with E-state index in [0.717, 1.165) is 13.1 Å². The monoisotopic (exact) mass is 378 g/mol. The molecule has 0 atom stereocenters. The highest BCUT2D eigenvalue weighted by atomic mass is 35.5. The van der Waals surface area contributed by atoms with Gasteiger partial charge in [0.05, 0.1) is 0 Å². The van der Waals surface area contributed by atoms with E-state index in [2.05, 4.69) is 46.9 Å². The summed E-state index contributed by atoms with van der Waals surface area (Å²) in [6, 6.07) is 0. The summed E-state index contributed by atoms with van der Waals surface area (Å²) in [5, 5.41) is 2.64. The third kappa shape index (κ3) is 25.7. The fourth-order valence-electron chi connectivity index (χ4n) is 0.611. The Labute approximate surface area is 161 Å². The molecule has 0 spiro atoms. The van der Waals surface area contributed by atoms with Gasteiger partial charge in [-0.15, -0.1) is 0 Å².